The van der Waals surface area contributed by atoms with Gasteiger partial charge in [-0.25, -0.2) is 0 Å². The summed E-state index contributed by atoms with van der Waals surface area (Å²) in [7, 11) is 5.44. The molecule has 0 radical (unpaired) electrons. The number of rotatable bonds is 7. The lowest BCUT2D eigenvalue weighted by Crippen LogP contribution is -2.40. The van der Waals surface area contributed by atoms with Gasteiger partial charge in [-0.1, -0.05) is 12.1 Å². The highest BCUT2D eigenvalue weighted by molar-refractivity contribution is 5.94. The summed E-state index contributed by atoms with van der Waals surface area (Å²) in [4.78, 5) is 27.0. The Morgan fingerprint density at radius 1 is 1.08 bits per heavy atom. The van der Waals surface area contributed by atoms with Crippen molar-refractivity contribution in [2.24, 2.45) is 0 Å². The molecule has 0 bridgehead atoms. The molecule has 0 saturated carbocycles. The van der Waals surface area contributed by atoms with Crippen LogP contribution in [0.4, 0.5) is 13.2 Å². The molecule has 138 valence electrons. The molecule has 5 nitrogen and oxygen atoms in total. The average molecular weight is 357 g/mol. The second-order valence-electron chi connectivity index (χ2n) is 5.79. The number of carbonyl (C=O) groups excluding carboxylic acids is 2. The van der Waals surface area contributed by atoms with Crippen LogP contribution in [0.1, 0.15) is 11.1 Å². The zero-order chi connectivity index (χ0) is 19.0. The third kappa shape index (κ3) is 7.84. The van der Waals surface area contributed by atoms with Gasteiger partial charge in [0.15, 0.2) is 0 Å². The topological polar surface area (TPSA) is 52.6 Å². The molecule has 0 aliphatic carbocycles. The van der Waals surface area contributed by atoms with Crippen molar-refractivity contribution in [3.63, 3.8) is 0 Å². The van der Waals surface area contributed by atoms with Crippen LogP contribution in [-0.4, -0.2) is 62.4 Å². The summed E-state index contributed by atoms with van der Waals surface area (Å²) >= 11 is 0. The van der Waals surface area contributed by atoms with E-state index in [9.17, 15) is 22.8 Å². The number of amides is 2. The van der Waals surface area contributed by atoms with Crippen molar-refractivity contribution in [3.8, 4) is 0 Å². The summed E-state index contributed by atoms with van der Waals surface area (Å²) in [6.45, 7) is 1.12. The van der Waals surface area contributed by atoms with Gasteiger partial charge in [-0.3, -0.25) is 9.59 Å². The molecule has 1 aromatic rings. The zero-order valence-electron chi connectivity index (χ0n) is 14.4. The van der Waals surface area contributed by atoms with Crippen molar-refractivity contribution >= 4 is 17.9 Å². The van der Waals surface area contributed by atoms with Crippen LogP contribution in [0.25, 0.3) is 6.08 Å². The molecule has 0 spiro atoms. The first-order chi connectivity index (χ1) is 11.6. The Labute approximate surface area is 145 Å². The number of likely N-dealkylation sites (N-methyl/N-ethyl adjacent to an activating group) is 2. The van der Waals surface area contributed by atoms with E-state index in [1.165, 1.54) is 29.2 Å². The molecular formula is C17H22F3N3O2. The summed E-state index contributed by atoms with van der Waals surface area (Å²) in [6, 6.07) is 4.43. The van der Waals surface area contributed by atoms with Crippen molar-refractivity contribution in [1.82, 2.24) is 15.1 Å². The Kier molecular flexibility index (Phi) is 7.63. The van der Waals surface area contributed by atoms with E-state index in [-0.39, 0.29) is 12.5 Å². The number of carbonyl (C=O) groups is 2. The second-order valence-corrected chi connectivity index (χ2v) is 5.79. The summed E-state index contributed by atoms with van der Waals surface area (Å²) in [5.41, 5.74) is -0.293. The van der Waals surface area contributed by atoms with Crippen molar-refractivity contribution in [2.45, 2.75) is 6.18 Å². The van der Waals surface area contributed by atoms with Gasteiger partial charge in [0.1, 0.15) is 0 Å². The van der Waals surface area contributed by atoms with Gasteiger partial charge in [-0.15, -0.1) is 0 Å². The molecule has 0 unspecified atom stereocenters. The van der Waals surface area contributed by atoms with Crippen LogP contribution in [0.3, 0.4) is 0 Å². The molecule has 0 aromatic heterocycles. The normalized spacial score (nSPS) is 11.8. The molecule has 0 aliphatic heterocycles. The third-order valence-corrected chi connectivity index (χ3v) is 3.39. The van der Waals surface area contributed by atoms with Crippen molar-refractivity contribution in [1.29, 1.82) is 0 Å². The van der Waals surface area contributed by atoms with Crippen molar-refractivity contribution in [3.05, 3.63) is 41.5 Å². The summed E-state index contributed by atoms with van der Waals surface area (Å²) in [6.07, 6.45) is -1.83. The Balaban J connectivity index is 2.46. The smallest absolute Gasteiger partial charge is 0.343 e. The van der Waals surface area contributed by atoms with Crippen molar-refractivity contribution in [2.75, 3.05) is 40.8 Å². The quantitative estimate of drug-likeness (QED) is 0.758. The third-order valence-electron chi connectivity index (χ3n) is 3.39. The predicted molar refractivity (Wildman–Crippen MR) is 89.7 cm³/mol. The van der Waals surface area contributed by atoms with E-state index >= 15 is 0 Å². The van der Waals surface area contributed by atoms with Gasteiger partial charge < -0.3 is 15.1 Å². The molecule has 0 atom stereocenters. The monoisotopic (exact) mass is 357 g/mol. The minimum Gasteiger partial charge on any atom is -0.343 e. The van der Waals surface area contributed by atoms with Crippen LogP contribution >= 0.6 is 0 Å². The van der Waals surface area contributed by atoms with Crippen LogP contribution in [0.5, 0.6) is 0 Å². The number of hydrogen-bond acceptors (Lipinski definition) is 3. The van der Waals surface area contributed by atoms with Crippen LogP contribution in [0.15, 0.2) is 30.3 Å². The van der Waals surface area contributed by atoms with Gasteiger partial charge >= 0.3 is 6.18 Å². The number of hydrogen-bond donors (Lipinski definition) is 1. The number of benzene rings is 1. The van der Waals surface area contributed by atoms with Gasteiger partial charge in [0.25, 0.3) is 0 Å². The fraction of sp³-hybridized carbons (Fsp3) is 0.412. The van der Waals surface area contributed by atoms with Crippen LogP contribution in [0.2, 0.25) is 0 Å². The number of nitrogens with zero attached hydrogens (tertiary/aromatic N) is 2. The molecule has 0 fully saturated rings. The molecule has 8 heteroatoms. The summed E-state index contributed by atoms with van der Waals surface area (Å²) in [5.74, 6) is -0.715. The number of alkyl halides is 3. The Morgan fingerprint density at radius 3 is 2.20 bits per heavy atom. The van der Waals surface area contributed by atoms with Gasteiger partial charge in [-0.05, 0) is 37.9 Å². The van der Waals surface area contributed by atoms with Gasteiger partial charge in [0, 0.05) is 26.2 Å². The lowest BCUT2D eigenvalue weighted by molar-refractivity contribution is -0.137. The maximum atomic E-state index is 12.5. The highest BCUT2D eigenvalue weighted by atomic mass is 19.4. The first-order valence-electron chi connectivity index (χ1n) is 7.61. The summed E-state index contributed by atoms with van der Waals surface area (Å²) in [5, 5.41) is 2.45. The molecule has 1 aromatic carbocycles. The van der Waals surface area contributed by atoms with Gasteiger partial charge in [-0.2, -0.15) is 13.2 Å². The predicted octanol–water partition coefficient (Wildman–Crippen LogP) is 1.85. The fourth-order valence-corrected chi connectivity index (χ4v) is 1.79. The Hall–Kier alpha value is -2.35. The number of halogens is 3. The van der Waals surface area contributed by atoms with Crippen LogP contribution in [0, 0.1) is 0 Å². The molecule has 25 heavy (non-hydrogen) atoms. The molecule has 0 heterocycles. The standard InChI is InChI=1S/C17H22F3N3O2/c1-22(2)10-11-23(3)16(25)12-21-15(24)9-6-13-4-7-14(8-5-13)17(18,19)20/h4-9H,10-12H2,1-3H3,(H,21,24)/b9-6+. The molecule has 0 aliphatic rings. The molecule has 0 saturated heterocycles. The van der Waals surface area contributed by atoms with E-state index in [1.54, 1.807) is 7.05 Å². The first-order valence-corrected chi connectivity index (χ1v) is 7.61. The van der Waals surface area contributed by atoms with E-state index in [1.807, 2.05) is 19.0 Å². The lowest BCUT2D eigenvalue weighted by Gasteiger charge is -2.19. The van der Waals surface area contributed by atoms with Crippen LogP contribution < -0.4 is 5.32 Å². The lowest BCUT2D eigenvalue weighted by atomic mass is 10.1. The fourth-order valence-electron chi connectivity index (χ4n) is 1.79. The second kappa shape index (κ2) is 9.22. The van der Waals surface area contributed by atoms with E-state index in [0.29, 0.717) is 18.7 Å². The SMILES string of the molecule is CN(C)CCN(C)C(=O)CNC(=O)/C=C/c1ccc(C(F)(F)F)cc1. The molecule has 1 rings (SSSR count). The Morgan fingerprint density at radius 2 is 1.68 bits per heavy atom. The minimum absolute atomic E-state index is 0.139. The maximum absolute atomic E-state index is 12.5. The Bertz CT molecular complexity index is 611. The van der Waals surface area contributed by atoms with E-state index in [0.717, 1.165) is 12.1 Å². The van der Waals surface area contributed by atoms with Crippen LogP contribution in [-0.2, 0) is 15.8 Å². The highest BCUT2D eigenvalue weighted by Crippen LogP contribution is 2.29. The average Bonchev–Trinajstić information content (AvgIpc) is 2.55. The molecule has 2 amide bonds. The summed E-state index contributed by atoms with van der Waals surface area (Å²) < 4.78 is 37.4. The largest absolute Gasteiger partial charge is 0.416 e. The first kappa shape index (κ1) is 20.7. The molecule has 1 N–H and O–H groups in total. The van der Waals surface area contributed by atoms with E-state index in [2.05, 4.69) is 5.32 Å². The van der Waals surface area contributed by atoms with E-state index < -0.39 is 17.6 Å². The van der Waals surface area contributed by atoms with Gasteiger partial charge in [0.2, 0.25) is 11.8 Å². The molecular weight excluding hydrogens is 335 g/mol. The minimum atomic E-state index is -4.39. The maximum Gasteiger partial charge on any atom is 0.416 e. The zero-order valence-corrected chi connectivity index (χ0v) is 14.4. The van der Waals surface area contributed by atoms with E-state index in [4.69, 9.17) is 0 Å². The highest BCUT2D eigenvalue weighted by Gasteiger charge is 2.29. The van der Waals surface area contributed by atoms with Gasteiger partial charge in [0.05, 0.1) is 12.1 Å². The van der Waals surface area contributed by atoms with Crippen molar-refractivity contribution < 1.29 is 22.8 Å². The number of nitrogens with one attached hydrogen (secondary N) is 1.